The van der Waals surface area contributed by atoms with E-state index >= 15 is 0 Å². The molecule has 1 amide bonds. The number of nitrogens with one attached hydrogen (secondary N) is 1. The molecule has 0 aliphatic carbocycles. The highest BCUT2D eigenvalue weighted by atomic mass is 28.4. The highest BCUT2D eigenvalue weighted by molar-refractivity contribution is 6.71. The molecule has 152 valence electrons. The van der Waals surface area contributed by atoms with E-state index in [0.717, 1.165) is 29.8 Å². The summed E-state index contributed by atoms with van der Waals surface area (Å²) in [6.07, 6.45) is 0.866. The van der Waals surface area contributed by atoms with Crippen molar-refractivity contribution in [3.8, 4) is 12.1 Å². The quantitative estimate of drug-likeness (QED) is 0.330. The van der Waals surface area contributed by atoms with Crippen molar-refractivity contribution in [2.75, 3.05) is 13.2 Å². The average Bonchev–Trinajstić information content (AvgIpc) is 2.74. The first-order valence-electron chi connectivity index (χ1n) is 10.1. The maximum absolute atomic E-state index is 12.7. The van der Waals surface area contributed by atoms with Crippen molar-refractivity contribution in [1.29, 1.82) is 10.5 Å². The standard InChI is InChI=1S/C24H25N3O2Si/c1-4-29-30(2,3)13-7-12-27-24(28)17-10-11-20-21(14-17)23(16-26)19-9-6-5-8-18(19)22(20)15-25/h5-6,8-11,14H,4,7,12-13H2,1-3H3,(H,27,28). The molecule has 1 N–H and O–H groups in total. The lowest BCUT2D eigenvalue weighted by atomic mass is 9.91. The van der Waals surface area contributed by atoms with Crippen LogP contribution in [0.4, 0.5) is 0 Å². The van der Waals surface area contributed by atoms with E-state index in [-0.39, 0.29) is 5.91 Å². The number of rotatable bonds is 7. The van der Waals surface area contributed by atoms with E-state index in [1.54, 1.807) is 18.2 Å². The number of carbonyl (C=O) groups excluding carboxylic acids is 1. The molecule has 0 radical (unpaired) electrons. The minimum atomic E-state index is -1.66. The van der Waals surface area contributed by atoms with Gasteiger partial charge in [-0.25, -0.2) is 0 Å². The highest BCUT2D eigenvalue weighted by Gasteiger charge is 2.21. The Bertz CT molecular complexity index is 1190. The normalized spacial score (nSPS) is 11.2. The van der Waals surface area contributed by atoms with Gasteiger partial charge < -0.3 is 9.74 Å². The third kappa shape index (κ3) is 4.36. The second-order valence-corrected chi connectivity index (χ2v) is 12.1. The van der Waals surface area contributed by atoms with E-state index in [1.807, 2.05) is 31.2 Å². The lowest BCUT2D eigenvalue weighted by molar-refractivity contribution is 0.0953. The molecule has 6 heteroatoms. The van der Waals surface area contributed by atoms with Gasteiger partial charge >= 0.3 is 0 Å². The molecule has 0 spiro atoms. The van der Waals surface area contributed by atoms with Crippen LogP contribution >= 0.6 is 0 Å². The van der Waals surface area contributed by atoms with Crippen molar-refractivity contribution < 1.29 is 9.22 Å². The minimum Gasteiger partial charge on any atom is -0.418 e. The fourth-order valence-electron chi connectivity index (χ4n) is 3.84. The topological polar surface area (TPSA) is 85.9 Å². The molecule has 0 aliphatic heterocycles. The van der Waals surface area contributed by atoms with Gasteiger partial charge in [0.05, 0.1) is 11.1 Å². The van der Waals surface area contributed by atoms with Gasteiger partial charge in [-0.15, -0.1) is 0 Å². The molecule has 3 rings (SSSR count). The van der Waals surface area contributed by atoms with Crippen LogP contribution in [0.5, 0.6) is 0 Å². The van der Waals surface area contributed by atoms with Crippen LogP contribution in [0.1, 0.15) is 34.8 Å². The number of fused-ring (bicyclic) bond motifs is 2. The Morgan fingerprint density at radius 2 is 1.60 bits per heavy atom. The molecular formula is C24H25N3O2Si. The van der Waals surface area contributed by atoms with Crippen LogP contribution < -0.4 is 5.32 Å². The first-order chi connectivity index (χ1) is 14.4. The first kappa shape index (κ1) is 21.5. The predicted molar refractivity (Wildman–Crippen MR) is 122 cm³/mol. The van der Waals surface area contributed by atoms with Crippen LogP contribution in [0.2, 0.25) is 19.1 Å². The summed E-state index contributed by atoms with van der Waals surface area (Å²) in [4.78, 5) is 12.7. The number of nitrogens with zero attached hydrogens (tertiary/aromatic N) is 2. The Hall–Kier alpha value is -3.19. The van der Waals surface area contributed by atoms with Gasteiger partial charge in [0.1, 0.15) is 12.1 Å². The summed E-state index contributed by atoms with van der Waals surface area (Å²) in [7, 11) is -1.66. The van der Waals surface area contributed by atoms with Crippen molar-refractivity contribution in [3.05, 3.63) is 59.2 Å². The van der Waals surface area contributed by atoms with Gasteiger partial charge in [0.2, 0.25) is 0 Å². The maximum Gasteiger partial charge on any atom is 0.251 e. The fourth-order valence-corrected chi connectivity index (χ4v) is 5.80. The van der Waals surface area contributed by atoms with Crippen LogP contribution in [0.25, 0.3) is 21.5 Å². The van der Waals surface area contributed by atoms with E-state index in [1.165, 1.54) is 0 Å². The monoisotopic (exact) mass is 415 g/mol. The minimum absolute atomic E-state index is 0.177. The van der Waals surface area contributed by atoms with Gasteiger partial charge in [0.15, 0.2) is 8.32 Å². The maximum atomic E-state index is 12.7. The van der Waals surface area contributed by atoms with Crippen molar-refractivity contribution in [1.82, 2.24) is 5.32 Å². The van der Waals surface area contributed by atoms with Crippen molar-refractivity contribution in [2.45, 2.75) is 32.5 Å². The number of carbonyl (C=O) groups is 1. The molecule has 30 heavy (non-hydrogen) atoms. The Labute approximate surface area is 178 Å². The molecule has 0 atom stereocenters. The van der Waals surface area contributed by atoms with Crippen LogP contribution in [0, 0.1) is 22.7 Å². The van der Waals surface area contributed by atoms with Crippen LogP contribution in [-0.2, 0) is 4.43 Å². The van der Waals surface area contributed by atoms with Crippen LogP contribution in [-0.4, -0.2) is 27.4 Å². The molecule has 5 nitrogen and oxygen atoms in total. The van der Waals surface area contributed by atoms with E-state index in [9.17, 15) is 15.3 Å². The molecule has 0 heterocycles. The summed E-state index contributed by atoms with van der Waals surface area (Å²) >= 11 is 0. The van der Waals surface area contributed by atoms with Crippen LogP contribution in [0.15, 0.2) is 42.5 Å². The SMILES string of the molecule is CCO[Si](C)(C)CCCNC(=O)c1ccc2c(C#N)c3ccccc3c(C#N)c2c1. The first-order valence-corrected chi connectivity index (χ1v) is 13.2. The molecule has 3 aromatic rings. The second-order valence-electron chi connectivity index (χ2n) is 7.83. The van der Waals surface area contributed by atoms with E-state index in [0.29, 0.717) is 34.0 Å². The lowest BCUT2D eigenvalue weighted by Gasteiger charge is -2.21. The number of hydrogen-bond donors (Lipinski definition) is 1. The molecule has 0 aromatic heterocycles. The Balaban J connectivity index is 1.88. The largest absolute Gasteiger partial charge is 0.418 e. The average molecular weight is 416 g/mol. The third-order valence-electron chi connectivity index (χ3n) is 5.29. The van der Waals surface area contributed by atoms with Gasteiger partial charge in [0.25, 0.3) is 5.91 Å². The fraction of sp³-hybridized carbons (Fsp3) is 0.292. The summed E-state index contributed by atoms with van der Waals surface area (Å²) in [5.74, 6) is -0.177. The van der Waals surface area contributed by atoms with Crippen molar-refractivity contribution in [2.24, 2.45) is 0 Å². The van der Waals surface area contributed by atoms with E-state index in [2.05, 4.69) is 30.5 Å². The number of benzene rings is 3. The van der Waals surface area contributed by atoms with Gasteiger partial charge in [-0.1, -0.05) is 30.3 Å². The van der Waals surface area contributed by atoms with Crippen molar-refractivity contribution in [3.63, 3.8) is 0 Å². The third-order valence-corrected chi connectivity index (χ3v) is 7.91. The van der Waals surface area contributed by atoms with E-state index < -0.39 is 8.32 Å². The number of hydrogen-bond acceptors (Lipinski definition) is 4. The zero-order valence-electron chi connectivity index (χ0n) is 17.6. The predicted octanol–water partition coefficient (Wildman–Crippen LogP) is 5.10. The second kappa shape index (κ2) is 9.09. The number of nitriles is 2. The number of amides is 1. The zero-order chi connectivity index (χ0) is 21.7. The smallest absolute Gasteiger partial charge is 0.251 e. The Morgan fingerprint density at radius 3 is 2.20 bits per heavy atom. The zero-order valence-corrected chi connectivity index (χ0v) is 18.6. The van der Waals surface area contributed by atoms with E-state index in [4.69, 9.17) is 4.43 Å². The van der Waals surface area contributed by atoms with Gasteiger partial charge in [0, 0.05) is 40.3 Å². The van der Waals surface area contributed by atoms with Gasteiger partial charge in [-0.05, 0) is 44.6 Å². The summed E-state index contributed by atoms with van der Waals surface area (Å²) in [5, 5.41) is 25.2. The lowest BCUT2D eigenvalue weighted by Crippen LogP contribution is -2.32. The molecule has 0 saturated carbocycles. The molecule has 0 aliphatic rings. The molecular weight excluding hydrogens is 390 g/mol. The van der Waals surface area contributed by atoms with Gasteiger partial charge in [-0.2, -0.15) is 10.5 Å². The van der Waals surface area contributed by atoms with Crippen molar-refractivity contribution >= 4 is 35.8 Å². The van der Waals surface area contributed by atoms with Gasteiger partial charge in [-0.3, -0.25) is 4.79 Å². The summed E-state index contributed by atoms with van der Waals surface area (Å²) < 4.78 is 5.82. The molecule has 0 unspecified atom stereocenters. The molecule has 3 aromatic carbocycles. The Kier molecular flexibility index (Phi) is 6.52. The Morgan fingerprint density at radius 1 is 1.00 bits per heavy atom. The summed E-state index contributed by atoms with van der Waals surface area (Å²) in [6, 6.07) is 18.1. The summed E-state index contributed by atoms with van der Waals surface area (Å²) in [5.41, 5.74) is 1.49. The highest BCUT2D eigenvalue weighted by Crippen LogP contribution is 2.32. The molecule has 0 saturated heterocycles. The van der Waals surface area contributed by atoms with Crippen LogP contribution in [0.3, 0.4) is 0 Å². The molecule has 0 fully saturated rings. The molecule has 0 bridgehead atoms. The summed E-state index contributed by atoms with van der Waals surface area (Å²) in [6.45, 7) is 7.67.